The second kappa shape index (κ2) is 3.84. The first-order valence-electron chi connectivity index (χ1n) is 3.82. The predicted octanol–water partition coefficient (Wildman–Crippen LogP) is 0.507. The highest BCUT2D eigenvalue weighted by molar-refractivity contribution is 5.95. The molecule has 0 radical (unpaired) electrons. The van der Waals surface area contributed by atoms with E-state index in [9.17, 15) is 14.9 Å². The summed E-state index contributed by atoms with van der Waals surface area (Å²) in [6.07, 6.45) is 0. The number of nitrogen functional groups attached to an aromatic ring is 1. The van der Waals surface area contributed by atoms with Crippen LogP contribution in [0, 0.1) is 17.0 Å². The summed E-state index contributed by atoms with van der Waals surface area (Å²) >= 11 is 0. The molecule has 1 amide bonds. The Balaban J connectivity index is 3.14. The average molecular weight is 195 g/mol. The lowest BCUT2D eigenvalue weighted by molar-refractivity contribution is -0.384. The maximum atomic E-state index is 11.1. The van der Waals surface area contributed by atoms with Crippen molar-refractivity contribution in [2.24, 2.45) is 5.84 Å². The third-order valence-electron chi connectivity index (χ3n) is 1.80. The van der Waals surface area contributed by atoms with Crippen molar-refractivity contribution >= 4 is 11.6 Å². The van der Waals surface area contributed by atoms with Crippen LogP contribution in [0.25, 0.3) is 0 Å². The third kappa shape index (κ3) is 1.86. The Morgan fingerprint density at radius 2 is 2.21 bits per heavy atom. The molecule has 0 aliphatic heterocycles. The first-order valence-corrected chi connectivity index (χ1v) is 3.82. The quantitative estimate of drug-likeness (QED) is 0.311. The molecule has 0 spiro atoms. The molecular weight excluding hydrogens is 186 g/mol. The number of nitro groups is 1. The molecule has 1 aromatic carbocycles. The Bertz CT molecular complexity index is 389. The molecule has 1 aromatic rings. The van der Waals surface area contributed by atoms with Crippen LogP contribution in [0.15, 0.2) is 18.2 Å². The molecule has 6 nitrogen and oxygen atoms in total. The SMILES string of the molecule is Cc1cc([N+](=O)[O-])ccc1C(=O)NN. The summed E-state index contributed by atoms with van der Waals surface area (Å²) in [6.45, 7) is 1.61. The van der Waals surface area contributed by atoms with Gasteiger partial charge >= 0.3 is 0 Å². The minimum Gasteiger partial charge on any atom is -0.290 e. The number of rotatable bonds is 2. The van der Waals surface area contributed by atoms with Crippen molar-refractivity contribution in [3.8, 4) is 0 Å². The molecule has 14 heavy (non-hydrogen) atoms. The van der Waals surface area contributed by atoms with Gasteiger partial charge in [0.1, 0.15) is 0 Å². The molecule has 0 bridgehead atoms. The fourth-order valence-corrected chi connectivity index (χ4v) is 1.09. The van der Waals surface area contributed by atoms with Gasteiger partial charge in [-0.3, -0.25) is 20.3 Å². The number of amides is 1. The topological polar surface area (TPSA) is 98.3 Å². The molecule has 0 aromatic heterocycles. The van der Waals surface area contributed by atoms with Gasteiger partial charge in [-0.05, 0) is 18.6 Å². The smallest absolute Gasteiger partial charge is 0.269 e. The van der Waals surface area contributed by atoms with Crippen LogP contribution in [-0.4, -0.2) is 10.8 Å². The lowest BCUT2D eigenvalue weighted by atomic mass is 10.1. The minimum atomic E-state index is -0.517. The van der Waals surface area contributed by atoms with Crippen molar-refractivity contribution < 1.29 is 9.72 Å². The largest absolute Gasteiger partial charge is 0.290 e. The minimum absolute atomic E-state index is 0.0453. The number of nitrogens with one attached hydrogen (secondary N) is 1. The highest BCUT2D eigenvalue weighted by Crippen LogP contribution is 2.16. The summed E-state index contributed by atoms with van der Waals surface area (Å²) < 4.78 is 0. The van der Waals surface area contributed by atoms with E-state index in [0.717, 1.165) is 0 Å². The number of nitrogens with zero attached hydrogens (tertiary/aromatic N) is 1. The van der Waals surface area contributed by atoms with Crippen LogP contribution in [0.1, 0.15) is 15.9 Å². The van der Waals surface area contributed by atoms with E-state index in [4.69, 9.17) is 5.84 Å². The summed E-state index contributed by atoms with van der Waals surface area (Å²) in [7, 11) is 0. The van der Waals surface area contributed by atoms with Crippen LogP contribution in [0.5, 0.6) is 0 Å². The number of aryl methyl sites for hydroxylation is 1. The molecule has 0 saturated heterocycles. The van der Waals surface area contributed by atoms with Crippen molar-refractivity contribution in [3.63, 3.8) is 0 Å². The standard InChI is InChI=1S/C8H9N3O3/c1-5-4-6(11(13)14)2-3-7(5)8(12)10-9/h2-4H,9H2,1H3,(H,10,12). The second-order valence-corrected chi connectivity index (χ2v) is 2.73. The van der Waals surface area contributed by atoms with Gasteiger partial charge in [-0.15, -0.1) is 0 Å². The summed E-state index contributed by atoms with van der Waals surface area (Å²) in [5.74, 6) is 4.48. The first-order chi connectivity index (χ1) is 6.56. The molecule has 0 atom stereocenters. The second-order valence-electron chi connectivity index (χ2n) is 2.73. The van der Waals surface area contributed by atoms with Crippen LogP contribution in [-0.2, 0) is 0 Å². The van der Waals surface area contributed by atoms with Gasteiger partial charge in [-0.2, -0.15) is 0 Å². The Morgan fingerprint density at radius 1 is 1.57 bits per heavy atom. The maximum Gasteiger partial charge on any atom is 0.269 e. The molecular formula is C8H9N3O3. The fraction of sp³-hybridized carbons (Fsp3) is 0.125. The number of carbonyl (C=O) groups excluding carboxylic acids is 1. The van der Waals surface area contributed by atoms with Gasteiger partial charge in [0.15, 0.2) is 0 Å². The summed E-state index contributed by atoms with van der Waals surface area (Å²) in [4.78, 5) is 21.0. The number of hydrogen-bond acceptors (Lipinski definition) is 4. The zero-order valence-electron chi connectivity index (χ0n) is 7.48. The predicted molar refractivity (Wildman–Crippen MR) is 49.5 cm³/mol. The number of nitrogens with two attached hydrogens (primary N) is 1. The van der Waals surface area contributed by atoms with Gasteiger partial charge < -0.3 is 0 Å². The van der Waals surface area contributed by atoms with Gasteiger partial charge in [0.2, 0.25) is 0 Å². The number of carbonyl (C=O) groups is 1. The molecule has 1 rings (SSSR count). The van der Waals surface area contributed by atoms with Crippen LogP contribution in [0.4, 0.5) is 5.69 Å². The molecule has 0 heterocycles. The lowest BCUT2D eigenvalue weighted by Gasteiger charge is -2.02. The monoisotopic (exact) mass is 195 g/mol. The van der Waals surface area contributed by atoms with Gasteiger partial charge in [-0.1, -0.05) is 0 Å². The van der Waals surface area contributed by atoms with Crippen LogP contribution in [0.2, 0.25) is 0 Å². The van der Waals surface area contributed by atoms with Gasteiger partial charge in [0, 0.05) is 17.7 Å². The molecule has 0 fully saturated rings. The Hall–Kier alpha value is -1.95. The molecule has 0 aliphatic rings. The summed E-state index contributed by atoms with van der Waals surface area (Å²) in [5.41, 5.74) is 2.76. The normalized spacial score (nSPS) is 9.57. The maximum absolute atomic E-state index is 11.1. The molecule has 0 unspecified atom stereocenters. The molecule has 0 aliphatic carbocycles. The first kappa shape index (κ1) is 10.1. The van der Waals surface area contributed by atoms with Crippen LogP contribution >= 0.6 is 0 Å². The molecule has 74 valence electrons. The third-order valence-corrected chi connectivity index (χ3v) is 1.80. The van der Waals surface area contributed by atoms with E-state index >= 15 is 0 Å². The van der Waals surface area contributed by atoms with E-state index in [1.165, 1.54) is 18.2 Å². The molecule has 0 saturated carbocycles. The Labute approximate surface area is 79.8 Å². The lowest BCUT2D eigenvalue weighted by Crippen LogP contribution is -2.30. The fourth-order valence-electron chi connectivity index (χ4n) is 1.09. The number of benzene rings is 1. The molecule has 6 heteroatoms. The van der Waals surface area contributed by atoms with Crippen molar-refractivity contribution in [2.75, 3.05) is 0 Å². The molecule has 3 N–H and O–H groups in total. The van der Waals surface area contributed by atoms with Crippen molar-refractivity contribution in [3.05, 3.63) is 39.4 Å². The van der Waals surface area contributed by atoms with E-state index in [0.29, 0.717) is 11.1 Å². The van der Waals surface area contributed by atoms with Crippen molar-refractivity contribution in [1.82, 2.24) is 5.43 Å². The van der Waals surface area contributed by atoms with E-state index in [1.807, 2.05) is 5.43 Å². The Morgan fingerprint density at radius 3 is 2.64 bits per heavy atom. The van der Waals surface area contributed by atoms with Crippen LogP contribution in [0.3, 0.4) is 0 Å². The van der Waals surface area contributed by atoms with E-state index in [1.54, 1.807) is 6.92 Å². The van der Waals surface area contributed by atoms with Crippen molar-refractivity contribution in [2.45, 2.75) is 6.92 Å². The zero-order valence-corrected chi connectivity index (χ0v) is 7.48. The van der Waals surface area contributed by atoms with E-state index in [-0.39, 0.29) is 5.69 Å². The van der Waals surface area contributed by atoms with E-state index in [2.05, 4.69) is 0 Å². The van der Waals surface area contributed by atoms with Crippen LogP contribution < -0.4 is 11.3 Å². The number of nitro benzene ring substituents is 1. The number of hydrogen-bond donors (Lipinski definition) is 2. The Kier molecular flexibility index (Phi) is 2.78. The number of hydrazine groups is 1. The van der Waals surface area contributed by atoms with E-state index < -0.39 is 10.8 Å². The van der Waals surface area contributed by atoms with Gasteiger partial charge in [0.25, 0.3) is 11.6 Å². The average Bonchev–Trinajstić information content (AvgIpc) is 2.16. The summed E-state index contributed by atoms with van der Waals surface area (Å²) in [5, 5.41) is 10.4. The zero-order chi connectivity index (χ0) is 10.7. The highest BCUT2D eigenvalue weighted by Gasteiger charge is 2.11. The number of non-ortho nitro benzene ring substituents is 1. The van der Waals surface area contributed by atoms with Crippen molar-refractivity contribution in [1.29, 1.82) is 0 Å². The summed E-state index contributed by atoms with van der Waals surface area (Å²) in [6, 6.07) is 3.96. The highest BCUT2D eigenvalue weighted by atomic mass is 16.6. The van der Waals surface area contributed by atoms with Gasteiger partial charge in [-0.25, -0.2) is 5.84 Å². The van der Waals surface area contributed by atoms with Gasteiger partial charge in [0.05, 0.1) is 4.92 Å².